The second-order valence-electron chi connectivity index (χ2n) is 6.25. The van der Waals surface area contributed by atoms with Crippen LogP contribution in [0.25, 0.3) is 0 Å². The minimum atomic E-state index is -0.364. The lowest BCUT2D eigenvalue weighted by Crippen LogP contribution is -2.41. The van der Waals surface area contributed by atoms with E-state index in [-0.39, 0.29) is 23.6 Å². The molecule has 0 unspecified atom stereocenters. The third-order valence-electron chi connectivity index (χ3n) is 4.67. The Kier molecular flexibility index (Phi) is 5.21. The normalized spacial score (nSPS) is 16.1. The Morgan fingerprint density at radius 2 is 1.96 bits per heavy atom. The minimum Gasteiger partial charge on any atom is -0.508 e. The topological polar surface area (TPSA) is 79.2 Å². The number of benzene rings is 2. The van der Waals surface area contributed by atoms with Crippen molar-refractivity contribution in [2.75, 3.05) is 20.3 Å². The molecule has 0 radical (unpaired) electrons. The number of phenolic OH excluding ortho intramolecular Hbond substituents is 2. The van der Waals surface area contributed by atoms with Crippen LogP contribution >= 0.6 is 0 Å². The Balaban J connectivity index is 2.00. The molecule has 1 aliphatic heterocycles. The van der Waals surface area contributed by atoms with Gasteiger partial charge < -0.3 is 24.6 Å². The SMILES string of the molecule is CCOC(=O)N1CCc2cc(OC)c(O)cc2[C@H]1Cc1ccc(O)cc1. The molecule has 1 aliphatic rings. The van der Waals surface area contributed by atoms with E-state index in [1.165, 1.54) is 7.11 Å². The second kappa shape index (κ2) is 7.56. The Hall–Kier alpha value is -2.89. The fraction of sp³-hybridized carbons (Fsp3) is 0.350. The van der Waals surface area contributed by atoms with E-state index in [0.29, 0.717) is 31.7 Å². The highest BCUT2D eigenvalue weighted by atomic mass is 16.6. The summed E-state index contributed by atoms with van der Waals surface area (Å²) in [5.74, 6) is 0.673. The lowest BCUT2D eigenvalue weighted by atomic mass is 9.88. The first-order valence-electron chi connectivity index (χ1n) is 8.64. The van der Waals surface area contributed by atoms with Crippen molar-refractivity contribution in [1.29, 1.82) is 0 Å². The van der Waals surface area contributed by atoms with E-state index in [4.69, 9.17) is 9.47 Å². The number of rotatable bonds is 4. The minimum absolute atomic E-state index is 0.0488. The van der Waals surface area contributed by atoms with Gasteiger partial charge in [0.1, 0.15) is 5.75 Å². The van der Waals surface area contributed by atoms with E-state index in [0.717, 1.165) is 16.7 Å². The summed E-state index contributed by atoms with van der Waals surface area (Å²) in [5, 5.41) is 19.7. The molecule has 0 fully saturated rings. The van der Waals surface area contributed by atoms with Gasteiger partial charge in [-0.15, -0.1) is 0 Å². The van der Waals surface area contributed by atoms with Gasteiger partial charge in [0.05, 0.1) is 19.8 Å². The van der Waals surface area contributed by atoms with E-state index in [1.807, 2.05) is 18.2 Å². The Morgan fingerprint density at radius 3 is 2.62 bits per heavy atom. The molecular weight excluding hydrogens is 334 g/mol. The van der Waals surface area contributed by atoms with Crippen molar-refractivity contribution >= 4 is 6.09 Å². The molecule has 0 saturated carbocycles. The van der Waals surface area contributed by atoms with Crippen LogP contribution < -0.4 is 4.74 Å². The van der Waals surface area contributed by atoms with Crippen molar-refractivity contribution in [3.05, 3.63) is 53.1 Å². The van der Waals surface area contributed by atoms with Gasteiger partial charge in [-0.25, -0.2) is 4.79 Å². The maximum Gasteiger partial charge on any atom is 0.410 e. The van der Waals surface area contributed by atoms with Crippen molar-refractivity contribution < 1.29 is 24.5 Å². The number of hydrogen-bond acceptors (Lipinski definition) is 5. The smallest absolute Gasteiger partial charge is 0.410 e. The van der Waals surface area contributed by atoms with E-state index < -0.39 is 0 Å². The van der Waals surface area contributed by atoms with Crippen LogP contribution in [0.15, 0.2) is 36.4 Å². The van der Waals surface area contributed by atoms with Crippen LogP contribution in [0, 0.1) is 0 Å². The number of phenols is 2. The van der Waals surface area contributed by atoms with Gasteiger partial charge in [-0.3, -0.25) is 0 Å². The number of amides is 1. The van der Waals surface area contributed by atoms with Crippen molar-refractivity contribution in [2.24, 2.45) is 0 Å². The quantitative estimate of drug-likeness (QED) is 0.877. The number of ether oxygens (including phenoxy) is 2. The molecule has 0 aromatic heterocycles. The molecule has 0 bridgehead atoms. The molecule has 6 heteroatoms. The average molecular weight is 357 g/mol. The van der Waals surface area contributed by atoms with Crippen molar-refractivity contribution in [1.82, 2.24) is 4.90 Å². The van der Waals surface area contributed by atoms with Gasteiger partial charge in [0.2, 0.25) is 0 Å². The van der Waals surface area contributed by atoms with Crippen LogP contribution in [0.5, 0.6) is 17.2 Å². The van der Waals surface area contributed by atoms with Crippen LogP contribution in [0.2, 0.25) is 0 Å². The fourth-order valence-electron chi connectivity index (χ4n) is 3.38. The second-order valence-corrected chi connectivity index (χ2v) is 6.25. The first-order chi connectivity index (χ1) is 12.5. The molecule has 1 amide bonds. The number of carbonyl (C=O) groups is 1. The summed E-state index contributed by atoms with van der Waals surface area (Å²) in [6.07, 6.45) is 0.853. The van der Waals surface area contributed by atoms with Crippen LogP contribution in [0.4, 0.5) is 4.79 Å². The van der Waals surface area contributed by atoms with Gasteiger partial charge >= 0.3 is 6.09 Å². The monoisotopic (exact) mass is 357 g/mol. The van der Waals surface area contributed by atoms with Crippen LogP contribution in [0.3, 0.4) is 0 Å². The molecular formula is C20H23NO5. The summed E-state index contributed by atoms with van der Waals surface area (Å²) >= 11 is 0. The summed E-state index contributed by atoms with van der Waals surface area (Å²) in [5.41, 5.74) is 2.91. The third kappa shape index (κ3) is 3.54. The molecule has 0 saturated heterocycles. The zero-order valence-electron chi connectivity index (χ0n) is 14.9. The fourth-order valence-corrected chi connectivity index (χ4v) is 3.38. The van der Waals surface area contributed by atoms with Crippen molar-refractivity contribution in [2.45, 2.75) is 25.8 Å². The van der Waals surface area contributed by atoms with Crippen molar-refractivity contribution in [3.63, 3.8) is 0 Å². The van der Waals surface area contributed by atoms with Gasteiger partial charge in [0, 0.05) is 6.54 Å². The lowest BCUT2D eigenvalue weighted by molar-refractivity contribution is 0.0863. The van der Waals surface area contributed by atoms with Crippen LogP contribution in [0.1, 0.15) is 29.7 Å². The third-order valence-corrected chi connectivity index (χ3v) is 4.67. The van der Waals surface area contributed by atoms with Crippen LogP contribution in [-0.4, -0.2) is 41.5 Å². The summed E-state index contributed by atoms with van der Waals surface area (Å²) in [6, 6.07) is 10.1. The molecule has 26 heavy (non-hydrogen) atoms. The Bertz CT molecular complexity index is 788. The maximum atomic E-state index is 12.4. The summed E-state index contributed by atoms with van der Waals surface area (Å²) in [7, 11) is 1.52. The molecule has 6 nitrogen and oxygen atoms in total. The number of methoxy groups -OCH3 is 1. The predicted molar refractivity (Wildman–Crippen MR) is 96.6 cm³/mol. The summed E-state index contributed by atoms with van der Waals surface area (Å²) in [4.78, 5) is 14.1. The standard InChI is InChI=1S/C20H23NO5/c1-3-26-20(24)21-9-8-14-11-19(25-2)18(23)12-16(14)17(21)10-13-4-6-15(22)7-5-13/h4-7,11-12,17,22-23H,3,8-10H2,1-2H3/t17-/m1/s1. The first-order valence-corrected chi connectivity index (χ1v) is 8.64. The highest BCUT2D eigenvalue weighted by Gasteiger charge is 2.33. The number of nitrogens with zero attached hydrogens (tertiary/aromatic N) is 1. The average Bonchev–Trinajstić information content (AvgIpc) is 2.63. The number of carbonyl (C=O) groups excluding carboxylic acids is 1. The first kappa shape index (κ1) is 17.9. The largest absolute Gasteiger partial charge is 0.508 e. The molecule has 138 valence electrons. The summed E-state index contributed by atoms with van der Waals surface area (Å²) < 4.78 is 10.4. The van der Waals surface area contributed by atoms with Gasteiger partial charge in [-0.05, 0) is 60.7 Å². The molecule has 1 atom stereocenters. The van der Waals surface area contributed by atoms with Gasteiger partial charge in [-0.2, -0.15) is 0 Å². The van der Waals surface area contributed by atoms with Crippen molar-refractivity contribution in [3.8, 4) is 17.2 Å². The Morgan fingerprint density at radius 1 is 1.23 bits per heavy atom. The van der Waals surface area contributed by atoms with E-state index in [1.54, 1.807) is 30.0 Å². The predicted octanol–water partition coefficient (Wildman–Crippen LogP) is 3.40. The molecule has 0 aliphatic carbocycles. The molecule has 2 aromatic rings. The number of fused-ring (bicyclic) bond motifs is 1. The molecule has 1 heterocycles. The summed E-state index contributed by atoms with van der Waals surface area (Å²) in [6.45, 7) is 2.62. The number of hydrogen-bond donors (Lipinski definition) is 2. The molecule has 2 N–H and O–H groups in total. The van der Waals surface area contributed by atoms with Crippen LogP contribution in [-0.2, 0) is 17.6 Å². The lowest BCUT2D eigenvalue weighted by Gasteiger charge is -2.37. The molecule has 0 spiro atoms. The van der Waals surface area contributed by atoms with E-state index in [9.17, 15) is 15.0 Å². The zero-order chi connectivity index (χ0) is 18.7. The van der Waals surface area contributed by atoms with Gasteiger partial charge in [-0.1, -0.05) is 12.1 Å². The van der Waals surface area contributed by atoms with E-state index in [2.05, 4.69) is 0 Å². The van der Waals surface area contributed by atoms with E-state index >= 15 is 0 Å². The number of aromatic hydroxyl groups is 2. The van der Waals surface area contributed by atoms with Gasteiger partial charge in [0.25, 0.3) is 0 Å². The Labute approximate surface area is 152 Å². The zero-order valence-corrected chi connectivity index (χ0v) is 14.9. The molecule has 2 aromatic carbocycles. The van der Waals surface area contributed by atoms with Gasteiger partial charge in [0.15, 0.2) is 11.5 Å². The maximum absolute atomic E-state index is 12.4. The highest BCUT2D eigenvalue weighted by molar-refractivity contribution is 5.69. The highest BCUT2D eigenvalue weighted by Crippen LogP contribution is 2.39. The molecule has 3 rings (SSSR count).